The summed E-state index contributed by atoms with van der Waals surface area (Å²) in [4.78, 5) is 0. The van der Waals surface area contributed by atoms with Crippen molar-refractivity contribution in [3.8, 4) is 0 Å². The smallest absolute Gasteiger partial charge is 0.0652 e. The van der Waals surface area contributed by atoms with Gasteiger partial charge in [-0.2, -0.15) is 0 Å². The molecule has 0 aromatic rings. The van der Waals surface area contributed by atoms with Gasteiger partial charge in [0.25, 0.3) is 0 Å². The average Bonchev–Trinajstić information content (AvgIpc) is 2.56. The van der Waals surface area contributed by atoms with Crippen LogP contribution in [0.15, 0.2) is 0 Å². The van der Waals surface area contributed by atoms with Crippen molar-refractivity contribution in [2.24, 2.45) is 33.5 Å². The fraction of sp³-hybridized carbons (Fsp3) is 1.00. The van der Waals surface area contributed by atoms with E-state index in [9.17, 15) is 5.11 Å². The zero-order chi connectivity index (χ0) is 16.8. The molecule has 21 heavy (non-hydrogen) atoms. The highest BCUT2D eigenvalue weighted by molar-refractivity contribution is 5.17. The van der Waals surface area contributed by atoms with Crippen molar-refractivity contribution in [2.45, 2.75) is 91.5 Å². The van der Waals surface area contributed by atoms with Crippen LogP contribution in [0.4, 0.5) is 0 Å². The first-order valence-corrected chi connectivity index (χ1v) is 9.13. The molecule has 0 aliphatic heterocycles. The molecule has 0 aromatic carbocycles. The summed E-state index contributed by atoms with van der Waals surface area (Å²) in [7, 11) is 0. The molecule has 1 N–H and O–H groups in total. The molecule has 2 bridgehead atoms. The maximum Gasteiger partial charge on any atom is 0.0652 e. The first-order chi connectivity index (χ1) is 10.6. The van der Waals surface area contributed by atoms with E-state index in [1.165, 1.54) is 19.3 Å². The summed E-state index contributed by atoms with van der Waals surface area (Å²) in [6.07, 6.45) is 6.78. The van der Waals surface area contributed by atoms with Crippen LogP contribution in [-0.4, -0.2) is 11.2 Å². The number of aliphatic hydroxyl groups excluding tert-OH is 1. The van der Waals surface area contributed by atoms with Crippen molar-refractivity contribution >= 4 is 0 Å². The molecular formula is C20H34O. The van der Waals surface area contributed by atoms with Crippen molar-refractivity contribution < 1.29 is 7.85 Å². The van der Waals surface area contributed by atoms with E-state index in [4.69, 9.17) is 2.74 Å². The normalized spacial score (nSPS) is 66.8. The van der Waals surface area contributed by atoms with Gasteiger partial charge < -0.3 is 5.11 Å². The first kappa shape index (κ1) is 12.4. The van der Waals surface area contributed by atoms with Gasteiger partial charge >= 0.3 is 0 Å². The molecule has 1 nitrogen and oxygen atoms in total. The number of fused-ring (bicyclic) bond motifs is 3. The van der Waals surface area contributed by atoms with E-state index < -0.39 is 18.9 Å². The van der Waals surface area contributed by atoms with Crippen molar-refractivity contribution in [2.75, 3.05) is 0 Å². The van der Waals surface area contributed by atoms with Crippen LogP contribution >= 0.6 is 0 Å². The molecule has 0 saturated heterocycles. The Balaban J connectivity index is 1.82. The fourth-order valence-corrected chi connectivity index (χ4v) is 7.43. The summed E-state index contributed by atoms with van der Waals surface area (Å²) in [6.45, 7) is 9.44. The Kier molecular flexibility index (Phi) is 2.40. The van der Waals surface area contributed by atoms with E-state index in [1.54, 1.807) is 0 Å². The molecule has 4 saturated carbocycles. The van der Waals surface area contributed by atoms with Crippen LogP contribution in [0.1, 0.15) is 88.2 Å². The average molecular weight is 293 g/mol. The molecule has 0 unspecified atom stereocenters. The molecule has 120 valence electrons. The third-order valence-corrected chi connectivity index (χ3v) is 8.47. The molecule has 1 heteroatoms. The molecule has 1 spiro atoms. The minimum Gasteiger partial charge on any atom is -0.392 e. The minimum absolute atomic E-state index is 0.256. The Labute approximate surface area is 133 Å². The predicted molar refractivity (Wildman–Crippen MR) is 87.0 cm³/mol. The van der Waals surface area contributed by atoms with Crippen LogP contribution in [-0.2, 0) is 0 Å². The Morgan fingerprint density at radius 1 is 0.905 bits per heavy atom. The highest BCUT2D eigenvalue weighted by Gasteiger charge is 2.68. The minimum atomic E-state index is -0.443. The van der Waals surface area contributed by atoms with Gasteiger partial charge in [0.05, 0.1) is 6.10 Å². The summed E-state index contributed by atoms with van der Waals surface area (Å²) in [5.41, 5.74) is -0.0170. The Morgan fingerprint density at radius 3 is 2.38 bits per heavy atom. The standard InChI is InChI=1S/C20H34O/c1-17(2)8-5-9-19(4)14(17)7-11-20-13-12-18(3,16(20)21)10-6-15(19)20/h14-16,21H,5-13H2,1-4H3/t14-,15+,16-,18-,19-,20-/m0/s1/i12D,13D/t12-,13+,14-,15+,16-,18-,19-,20-. The molecule has 0 aromatic heterocycles. The monoisotopic (exact) mass is 292 g/mol. The molecule has 4 fully saturated rings. The van der Waals surface area contributed by atoms with Crippen LogP contribution in [0.5, 0.6) is 0 Å². The van der Waals surface area contributed by atoms with Crippen molar-refractivity contribution in [3.63, 3.8) is 0 Å². The third kappa shape index (κ3) is 1.62. The summed E-state index contributed by atoms with van der Waals surface area (Å²) in [5.74, 6) is 1.15. The lowest BCUT2D eigenvalue weighted by Crippen LogP contribution is -2.60. The van der Waals surface area contributed by atoms with Crippen LogP contribution in [0.3, 0.4) is 0 Å². The largest absolute Gasteiger partial charge is 0.392 e. The Bertz CT molecular complexity index is 520. The van der Waals surface area contributed by atoms with Crippen molar-refractivity contribution in [1.82, 2.24) is 0 Å². The number of hydrogen-bond donors (Lipinski definition) is 1. The molecular weight excluding hydrogens is 256 g/mol. The number of rotatable bonds is 0. The van der Waals surface area contributed by atoms with Gasteiger partial charge in [-0.15, -0.1) is 0 Å². The second-order valence-corrected chi connectivity index (χ2v) is 9.88. The van der Waals surface area contributed by atoms with Crippen LogP contribution < -0.4 is 0 Å². The quantitative estimate of drug-likeness (QED) is 0.653. The summed E-state index contributed by atoms with van der Waals surface area (Å²) >= 11 is 0. The highest BCUT2D eigenvalue weighted by Crippen LogP contribution is 2.73. The molecule has 4 aliphatic rings. The van der Waals surface area contributed by atoms with Crippen LogP contribution in [0, 0.1) is 33.5 Å². The molecule has 0 radical (unpaired) electrons. The second-order valence-electron chi connectivity index (χ2n) is 9.88. The van der Waals surface area contributed by atoms with E-state index in [0.29, 0.717) is 17.3 Å². The van der Waals surface area contributed by atoms with Gasteiger partial charge in [-0.05, 0) is 79.4 Å². The Morgan fingerprint density at radius 2 is 1.62 bits per heavy atom. The topological polar surface area (TPSA) is 20.2 Å². The predicted octanol–water partition coefficient (Wildman–Crippen LogP) is 5.17. The fourth-order valence-electron chi connectivity index (χ4n) is 7.43. The van der Waals surface area contributed by atoms with Gasteiger partial charge in [0.15, 0.2) is 0 Å². The Hall–Kier alpha value is -0.0400. The molecule has 8 atom stereocenters. The van der Waals surface area contributed by atoms with E-state index in [1.807, 2.05) is 0 Å². The zero-order valence-electron chi connectivity index (χ0n) is 16.3. The maximum atomic E-state index is 11.3. The molecule has 4 rings (SSSR count). The maximum absolute atomic E-state index is 11.3. The lowest BCUT2D eigenvalue weighted by Gasteiger charge is -2.65. The van der Waals surface area contributed by atoms with E-state index in [2.05, 4.69) is 27.7 Å². The number of aliphatic hydroxyl groups is 1. The van der Waals surface area contributed by atoms with Crippen molar-refractivity contribution in [3.05, 3.63) is 0 Å². The van der Waals surface area contributed by atoms with Gasteiger partial charge in [-0.25, -0.2) is 0 Å². The molecule has 0 amide bonds. The van der Waals surface area contributed by atoms with Gasteiger partial charge in [-0.3, -0.25) is 0 Å². The SMILES string of the molecule is [2H][C@@H]1[C@H]([2H])[C@]2(C)CC[C@@H]3[C@@]4(C)CCCC(C)(C)[C@@H]4CC[C@]13[C@H]2O. The van der Waals surface area contributed by atoms with Gasteiger partial charge in [0.1, 0.15) is 0 Å². The van der Waals surface area contributed by atoms with Crippen LogP contribution in [0.25, 0.3) is 0 Å². The summed E-state index contributed by atoms with van der Waals surface area (Å²) in [5, 5.41) is 11.3. The van der Waals surface area contributed by atoms with Crippen LogP contribution in [0.2, 0.25) is 0 Å². The highest BCUT2D eigenvalue weighted by atomic mass is 16.3. The van der Waals surface area contributed by atoms with Crippen molar-refractivity contribution in [1.29, 1.82) is 0 Å². The lowest BCUT2D eigenvalue weighted by molar-refractivity contribution is -0.195. The zero-order valence-corrected chi connectivity index (χ0v) is 14.3. The van der Waals surface area contributed by atoms with E-state index in [0.717, 1.165) is 25.7 Å². The number of hydrogen-bond acceptors (Lipinski definition) is 1. The first-order valence-electron chi connectivity index (χ1n) is 10.3. The van der Waals surface area contributed by atoms with Gasteiger partial charge in [0.2, 0.25) is 0 Å². The lowest BCUT2D eigenvalue weighted by atomic mass is 9.40. The van der Waals surface area contributed by atoms with Gasteiger partial charge in [0, 0.05) is 8.16 Å². The second kappa shape index (κ2) is 4.08. The molecule has 0 heterocycles. The summed E-state index contributed by atoms with van der Waals surface area (Å²) < 4.78 is 17.5. The van der Waals surface area contributed by atoms with E-state index >= 15 is 0 Å². The van der Waals surface area contributed by atoms with E-state index in [-0.39, 0.29) is 16.2 Å². The summed E-state index contributed by atoms with van der Waals surface area (Å²) in [6, 6.07) is 0. The third-order valence-electron chi connectivity index (χ3n) is 8.47. The van der Waals surface area contributed by atoms with Gasteiger partial charge in [-0.1, -0.05) is 34.1 Å². The molecule has 4 aliphatic carbocycles.